The molecule has 10 heteroatoms. The van der Waals surface area contributed by atoms with E-state index in [1.807, 2.05) is 24.3 Å². The zero-order valence-electron chi connectivity index (χ0n) is 18.0. The van der Waals surface area contributed by atoms with Crippen molar-refractivity contribution in [3.8, 4) is 0 Å². The quantitative estimate of drug-likeness (QED) is 0.467. The second kappa shape index (κ2) is 8.16. The van der Waals surface area contributed by atoms with Crippen LogP contribution in [0.5, 0.6) is 0 Å². The first kappa shape index (κ1) is 22.5. The number of para-hydroxylation sites is 1. The van der Waals surface area contributed by atoms with Crippen LogP contribution >= 0.6 is 26.9 Å². The Hall–Kier alpha value is -1.33. The van der Waals surface area contributed by atoms with E-state index in [1.54, 1.807) is 4.31 Å². The van der Waals surface area contributed by atoms with Crippen molar-refractivity contribution in [1.82, 2.24) is 9.62 Å². The number of rotatable bonds is 5. The Bertz CT molecular complexity index is 915. The number of nitrogens with two attached hydrogens (primary N) is 1. The first-order valence-corrected chi connectivity index (χ1v) is 13.6. The van der Waals surface area contributed by atoms with Crippen molar-refractivity contribution >= 4 is 44.4 Å². The van der Waals surface area contributed by atoms with E-state index in [0.717, 1.165) is 43.0 Å². The van der Waals surface area contributed by atoms with Crippen LogP contribution in [0.15, 0.2) is 28.7 Å². The number of carbonyl (C=O) groups excluding carboxylic acids is 2. The van der Waals surface area contributed by atoms with Gasteiger partial charge in [-0.25, -0.2) is 0 Å². The number of nitrogens with zero attached hydrogens (tertiary/aromatic N) is 2. The molecule has 0 spiro atoms. The second-order valence-corrected chi connectivity index (χ2v) is 12.8. The topological polar surface area (TPSA) is 119 Å². The van der Waals surface area contributed by atoms with Gasteiger partial charge in [-0.2, -0.15) is 4.31 Å². The monoisotopic (exact) mass is 526 g/mol. The van der Waals surface area contributed by atoms with E-state index in [2.05, 4.69) is 21.2 Å². The van der Waals surface area contributed by atoms with Crippen LogP contribution in [0.1, 0.15) is 38.5 Å². The summed E-state index contributed by atoms with van der Waals surface area (Å²) >= 11 is 3.49. The van der Waals surface area contributed by atoms with E-state index in [1.165, 1.54) is 4.31 Å². The molecule has 4 saturated carbocycles. The summed E-state index contributed by atoms with van der Waals surface area (Å²) in [6, 6.07) is 7.47. The van der Waals surface area contributed by atoms with Gasteiger partial charge in [-0.05, 0) is 95.3 Å². The highest BCUT2D eigenvalue weighted by atomic mass is 79.9. The van der Waals surface area contributed by atoms with E-state index in [4.69, 9.17) is 5.73 Å². The van der Waals surface area contributed by atoms with Crippen LogP contribution in [-0.2, 0) is 9.59 Å². The van der Waals surface area contributed by atoms with Crippen molar-refractivity contribution in [2.75, 3.05) is 23.9 Å². The molecule has 1 aliphatic heterocycles. The van der Waals surface area contributed by atoms with E-state index < -0.39 is 11.0 Å². The van der Waals surface area contributed by atoms with E-state index in [-0.39, 0.29) is 41.7 Å². The lowest BCUT2D eigenvalue weighted by Crippen LogP contribution is -2.62. The van der Waals surface area contributed by atoms with Crippen LogP contribution in [0.4, 0.5) is 5.69 Å². The summed E-state index contributed by atoms with van der Waals surface area (Å²) in [6.07, 6.45) is 5.21. The summed E-state index contributed by atoms with van der Waals surface area (Å²) < 4.78 is 26.0. The van der Waals surface area contributed by atoms with Gasteiger partial charge in [0, 0.05) is 29.0 Å². The second-order valence-electron chi connectivity index (χ2n) is 9.97. The van der Waals surface area contributed by atoms with Gasteiger partial charge in [0.25, 0.3) is 0 Å². The maximum Gasteiger partial charge on any atom is 0.236 e. The van der Waals surface area contributed by atoms with Crippen molar-refractivity contribution in [3.05, 3.63) is 28.7 Å². The number of amides is 2. The first-order valence-electron chi connectivity index (χ1n) is 11.3. The van der Waals surface area contributed by atoms with Crippen LogP contribution < -0.4 is 15.4 Å². The molecule has 1 aromatic carbocycles. The van der Waals surface area contributed by atoms with E-state index >= 15 is 0 Å². The fraction of sp³-hybridized carbons (Fsp3) is 0.636. The van der Waals surface area contributed by atoms with Gasteiger partial charge < -0.3 is 11.1 Å². The highest BCUT2D eigenvalue weighted by Crippen LogP contribution is 2.60. The Morgan fingerprint density at radius 3 is 2.50 bits per heavy atom. The van der Waals surface area contributed by atoms with Crippen LogP contribution in [-0.4, -0.2) is 50.9 Å². The molecular weight excluding hydrogens is 496 g/mol. The number of anilines is 1. The predicted octanol–water partition coefficient (Wildman–Crippen LogP) is 3.34. The Labute approximate surface area is 198 Å². The van der Waals surface area contributed by atoms with Gasteiger partial charge >= 0.3 is 0 Å². The molecule has 4 bridgehead atoms. The summed E-state index contributed by atoms with van der Waals surface area (Å²) in [6.45, 7) is 0.886. The van der Waals surface area contributed by atoms with Gasteiger partial charge in [-0.15, -0.1) is 0 Å². The molecule has 2 unspecified atom stereocenters. The van der Waals surface area contributed by atoms with Crippen LogP contribution in [0.2, 0.25) is 0 Å². The zero-order chi connectivity index (χ0) is 22.7. The average Bonchev–Trinajstić information content (AvgIpc) is 2.72. The molecule has 176 valence electrons. The van der Waals surface area contributed by atoms with Crippen molar-refractivity contribution in [3.63, 3.8) is 0 Å². The SMILES string of the molecule is NC(=O)C12CC3CC(C1)C(NC(=O)CN1CCCN(c4ccccc4Br)S1(O)O)C(C3)C2. The molecule has 1 aromatic rings. The number of hydrogen-bond acceptors (Lipinski definition) is 6. The van der Waals surface area contributed by atoms with Crippen molar-refractivity contribution < 1.29 is 18.7 Å². The van der Waals surface area contributed by atoms with Crippen LogP contribution in [0.3, 0.4) is 0 Å². The van der Waals surface area contributed by atoms with Crippen molar-refractivity contribution in [2.45, 2.75) is 44.6 Å². The highest BCUT2D eigenvalue weighted by Gasteiger charge is 2.58. The molecule has 6 rings (SSSR count). The van der Waals surface area contributed by atoms with Gasteiger partial charge in [-0.1, -0.05) is 12.1 Å². The lowest BCUT2D eigenvalue weighted by Gasteiger charge is -2.59. The van der Waals surface area contributed by atoms with Gasteiger partial charge in [0.05, 0.1) is 12.2 Å². The smallest absolute Gasteiger partial charge is 0.236 e. The molecule has 1 heterocycles. The predicted molar refractivity (Wildman–Crippen MR) is 128 cm³/mol. The average molecular weight is 527 g/mol. The molecule has 0 radical (unpaired) electrons. The summed E-state index contributed by atoms with van der Waals surface area (Å²) in [7, 11) is -3.30. The lowest BCUT2D eigenvalue weighted by molar-refractivity contribution is -0.147. The maximum atomic E-state index is 13.0. The van der Waals surface area contributed by atoms with Gasteiger partial charge in [0.15, 0.2) is 0 Å². The summed E-state index contributed by atoms with van der Waals surface area (Å²) in [4.78, 5) is 25.2. The van der Waals surface area contributed by atoms with Gasteiger partial charge in [0.1, 0.15) is 0 Å². The third kappa shape index (κ3) is 3.73. The molecule has 4 aliphatic carbocycles. The summed E-state index contributed by atoms with van der Waals surface area (Å²) in [5, 5.41) is 3.20. The van der Waals surface area contributed by atoms with Crippen molar-refractivity contribution in [1.29, 1.82) is 0 Å². The lowest BCUT2D eigenvalue weighted by atomic mass is 9.47. The molecular formula is C22H31BrN4O4S. The number of nitrogens with one attached hydrogen (secondary N) is 1. The minimum absolute atomic E-state index is 0.0393. The molecule has 5 fully saturated rings. The number of carbonyl (C=O) groups is 2. The zero-order valence-corrected chi connectivity index (χ0v) is 20.4. The van der Waals surface area contributed by atoms with Gasteiger partial charge in [-0.3, -0.25) is 23.0 Å². The number of halogens is 1. The normalized spacial score (nSPS) is 36.7. The molecule has 5 N–H and O–H groups in total. The Balaban J connectivity index is 1.27. The third-order valence-corrected chi connectivity index (χ3v) is 10.6. The molecule has 2 amide bonds. The van der Waals surface area contributed by atoms with Crippen molar-refractivity contribution in [2.24, 2.45) is 28.9 Å². The maximum absolute atomic E-state index is 13.0. The van der Waals surface area contributed by atoms with Gasteiger partial charge in [0.2, 0.25) is 11.8 Å². The summed E-state index contributed by atoms with van der Waals surface area (Å²) in [5.41, 5.74) is 6.09. The molecule has 0 aromatic heterocycles. The van der Waals surface area contributed by atoms with E-state index in [0.29, 0.717) is 24.7 Å². The fourth-order valence-electron chi connectivity index (χ4n) is 6.80. The molecule has 2 atom stereocenters. The third-order valence-electron chi connectivity index (χ3n) is 7.98. The minimum Gasteiger partial charge on any atom is -0.369 e. The Morgan fingerprint density at radius 1 is 1.16 bits per heavy atom. The molecule has 1 saturated heterocycles. The highest BCUT2D eigenvalue weighted by molar-refractivity contribution is 9.10. The first-order chi connectivity index (χ1) is 15.2. The molecule has 8 nitrogen and oxygen atoms in total. The number of benzene rings is 1. The number of hydrogen-bond donors (Lipinski definition) is 4. The molecule has 32 heavy (non-hydrogen) atoms. The largest absolute Gasteiger partial charge is 0.369 e. The van der Waals surface area contributed by atoms with Crippen LogP contribution in [0.25, 0.3) is 0 Å². The minimum atomic E-state index is -3.30. The van der Waals surface area contributed by atoms with Crippen LogP contribution in [0, 0.1) is 23.2 Å². The van der Waals surface area contributed by atoms with E-state index in [9.17, 15) is 18.7 Å². The Morgan fingerprint density at radius 2 is 1.84 bits per heavy atom. The fourth-order valence-corrected chi connectivity index (χ4v) is 9.16. The Kier molecular flexibility index (Phi) is 5.73. The number of primary amides is 1. The molecule has 5 aliphatic rings. The summed E-state index contributed by atoms with van der Waals surface area (Å²) in [5.74, 6) is 0.702. The standard InChI is InChI=1S/C22H31BrN4O4S/c23-17-4-1-2-5-18(17)27-7-3-6-26(32(27,30)31)13-19(28)25-20-15-8-14-9-16(20)12-22(10-14,11-15)21(24)29/h1-2,4-5,14-16,20,30-31H,3,6-13H2,(H2,24,29)(H,25,28).